The molecule has 0 spiro atoms. The van der Waals surface area contributed by atoms with Crippen LogP contribution in [-0.4, -0.2) is 0 Å². The second-order valence-electron chi connectivity index (χ2n) is 7.69. The van der Waals surface area contributed by atoms with Gasteiger partial charge in [0.2, 0.25) is 0 Å². The Balaban J connectivity index is 0.00000128. The van der Waals surface area contributed by atoms with Gasteiger partial charge in [0.1, 0.15) is 0 Å². The van der Waals surface area contributed by atoms with E-state index in [0.717, 1.165) is 6.42 Å². The molecule has 0 N–H and O–H groups in total. The Morgan fingerprint density at radius 2 is 1.17 bits per heavy atom. The Morgan fingerprint density at radius 3 is 1.83 bits per heavy atom. The van der Waals surface area contributed by atoms with E-state index in [1.165, 1.54) is 83.6 Å². The molecule has 0 amide bonds. The molecule has 30 heavy (non-hydrogen) atoms. The monoisotopic (exact) mass is 505 g/mol. The van der Waals surface area contributed by atoms with E-state index in [-0.39, 0.29) is 24.8 Å². The molecule has 147 valence electrons. The molecular formula is C27H21Cl2Zr. The van der Waals surface area contributed by atoms with Crippen LogP contribution in [0.15, 0.2) is 78.9 Å². The minimum absolute atomic E-state index is 0. The topological polar surface area (TPSA) is 0 Å². The SMILES string of the molecule is Cc1ccccc1-c1ccc2c(c1)Cc1c-2ccc(-c2ccccc2C)[c]1[Zr+2].[Cl-].[Cl-]. The summed E-state index contributed by atoms with van der Waals surface area (Å²) in [5.74, 6) is 0. The Hall–Kier alpha value is -1.66. The smallest absolute Gasteiger partial charge is 1.00 e. The maximum Gasteiger partial charge on any atom is -1.00 e. The molecule has 1 aliphatic carbocycles. The minimum Gasteiger partial charge on any atom is -1.00 e. The molecule has 5 rings (SSSR count). The van der Waals surface area contributed by atoms with Crippen LogP contribution in [0, 0.1) is 13.8 Å². The van der Waals surface area contributed by atoms with Crippen LogP contribution in [0.25, 0.3) is 33.4 Å². The van der Waals surface area contributed by atoms with Gasteiger partial charge in [0.05, 0.1) is 0 Å². The van der Waals surface area contributed by atoms with Gasteiger partial charge in [-0.3, -0.25) is 0 Å². The second kappa shape index (κ2) is 9.23. The Labute approximate surface area is 206 Å². The first-order chi connectivity index (χ1) is 13.6. The van der Waals surface area contributed by atoms with E-state index in [9.17, 15) is 0 Å². The van der Waals surface area contributed by atoms with Crippen molar-refractivity contribution in [2.45, 2.75) is 20.3 Å². The van der Waals surface area contributed by atoms with Crippen LogP contribution in [0.2, 0.25) is 0 Å². The van der Waals surface area contributed by atoms with Gasteiger partial charge in [-0.15, -0.1) is 0 Å². The van der Waals surface area contributed by atoms with Gasteiger partial charge in [0, 0.05) is 0 Å². The van der Waals surface area contributed by atoms with Crippen LogP contribution >= 0.6 is 0 Å². The normalized spacial score (nSPS) is 11.2. The third-order valence-corrected chi connectivity index (χ3v) is 7.37. The summed E-state index contributed by atoms with van der Waals surface area (Å²) < 4.78 is 1.51. The number of benzene rings is 4. The van der Waals surface area contributed by atoms with Crippen molar-refractivity contribution in [3.63, 3.8) is 0 Å². The van der Waals surface area contributed by atoms with Gasteiger partial charge in [0.25, 0.3) is 0 Å². The molecule has 0 nitrogen and oxygen atoms in total. The summed E-state index contributed by atoms with van der Waals surface area (Å²) >= 11 is 1.49. The van der Waals surface area contributed by atoms with Gasteiger partial charge in [-0.2, -0.15) is 0 Å². The second-order valence-corrected chi connectivity index (χ2v) is 8.92. The molecule has 0 aromatic heterocycles. The van der Waals surface area contributed by atoms with Crippen LogP contribution in [0.3, 0.4) is 0 Å². The van der Waals surface area contributed by atoms with Crippen molar-refractivity contribution >= 4 is 3.27 Å². The molecule has 3 heteroatoms. The molecule has 4 aromatic carbocycles. The molecule has 0 fully saturated rings. The van der Waals surface area contributed by atoms with Crippen LogP contribution in [0.4, 0.5) is 0 Å². The molecule has 0 saturated heterocycles. The molecule has 0 radical (unpaired) electrons. The van der Waals surface area contributed by atoms with Crippen molar-refractivity contribution < 1.29 is 49.5 Å². The molecule has 1 aliphatic rings. The van der Waals surface area contributed by atoms with Crippen molar-refractivity contribution in [3.8, 4) is 33.4 Å². The first-order valence-corrected chi connectivity index (χ1v) is 11.0. The summed E-state index contributed by atoms with van der Waals surface area (Å²) in [6.45, 7) is 4.40. The van der Waals surface area contributed by atoms with E-state index in [2.05, 4.69) is 92.7 Å². The van der Waals surface area contributed by atoms with Gasteiger partial charge >= 0.3 is 183 Å². The average molecular weight is 508 g/mol. The molecule has 4 aromatic rings. The minimum atomic E-state index is 0. The summed E-state index contributed by atoms with van der Waals surface area (Å²) in [7, 11) is 0. The number of hydrogen-bond donors (Lipinski definition) is 0. The molecule has 0 heterocycles. The summed E-state index contributed by atoms with van der Waals surface area (Å²) in [6.07, 6.45) is 1.05. The number of hydrogen-bond acceptors (Lipinski definition) is 0. The number of rotatable bonds is 2. The number of halogens is 2. The molecule has 0 aliphatic heterocycles. The van der Waals surface area contributed by atoms with Crippen molar-refractivity contribution in [1.82, 2.24) is 0 Å². The van der Waals surface area contributed by atoms with Gasteiger partial charge in [-0.1, -0.05) is 0 Å². The van der Waals surface area contributed by atoms with Crippen molar-refractivity contribution in [2.75, 3.05) is 0 Å². The fourth-order valence-electron chi connectivity index (χ4n) is 4.44. The van der Waals surface area contributed by atoms with E-state index >= 15 is 0 Å². The molecule has 0 atom stereocenters. The molecule has 0 unspecified atom stereocenters. The summed E-state index contributed by atoms with van der Waals surface area (Å²) in [5, 5.41) is 0. The Kier molecular flexibility index (Phi) is 7.08. The van der Waals surface area contributed by atoms with E-state index in [1.54, 1.807) is 0 Å². The van der Waals surface area contributed by atoms with Crippen molar-refractivity contribution in [3.05, 3.63) is 101 Å². The first kappa shape index (κ1) is 23.0. The van der Waals surface area contributed by atoms with Gasteiger partial charge < -0.3 is 24.8 Å². The van der Waals surface area contributed by atoms with Crippen LogP contribution in [0.1, 0.15) is 22.3 Å². The zero-order chi connectivity index (χ0) is 19.3. The maximum absolute atomic E-state index is 2.40. The van der Waals surface area contributed by atoms with Gasteiger partial charge in [-0.25, -0.2) is 0 Å². The first-order valence-electron chi connectivity index (χ1n) is 9.76. The third kappa shape index (κ3) is 3.84. The molecule has 0 bridgehead atoms. The zero-order valence-corrected chi connectivity index (χ0v) is 20.9. The zero-order valence-electron chi connectivity index (χ0n) is 17.0. The number of aryl methyl sites for hydroxylation is 2. The molecular weight excluding hydrogens is 486 g/mol. The van der Waals surface area contributed by atoms with Crippen molar-refractivity contribution in [1.29, 1.82) is 0 Å². The third-order valence-electron chi connectivity index (χ3n) is 5.97. The molecule has 0 saturated carbocycles. The van der Waals surface area contributed by atoms with E-state index in [1.807, 2.05) is 0 Å². The fourth-order valence-corrected chi connectivity index (χ4v) is 5.52. The predicted molar refractivity (Wildman–Crippen MR) is 115 cm³/mol. The quantitative estimate of drug-likeness (QED) is 0.325. The maximum atomic E-state index is 2.40. The average Bonchev–Trinajstić information content (AvgIpc) is 3.08. The van der Waals surface area contributed by atoms with E-state index < -0.39 is 0 Å². The number of fused-ring (bicyclic) bond motifs is 3. The van der Waals surface area contributed by atoms with Crippen LogP contribution in [0.5, 0.6) is 0 Å². The predicted octanol–water partition coefficient (Wildman–Crippen LogP) is 0.389. The largest absolute Gasteiger partial charge is 1.00 e. The Morgan fingerprint density at radius 1 is 0.600 bits per heavy atom. The van der Waals surface area contributed by atoms with Gasteiger partial charge in [0.15, 0.2) is 0 Å². The Bertz CT molecular complexity index is 1230. The van der Waals surface area contributed by atoms with E-state index in [4.69, 9.17) is 0 Å². The van der Waals surface area contributed by atoms with Crippen LogP contribution in [-0.2, 0) is 31.1 Å². The van der Waals surface area contributed by atoms with Crippen LogP contribution < -0.4 is 28.1 Å². The summed E-state index contributed by atoms with van der Waals surface area (Å²) in [6, 6.07) is 29.1. The van der Waals surface area contributed by atoms with Crippen molar-refractivity contribution in [2.24, 2.45) is 0 Å². The summed E-state index contributed by atoms with van der Waals surface area (Å²) in [4.78, 5) is 0. The van der Waals surface area contributed by atoms with Gasteiger partial charge in [-0.05, 0) is 0 Å². The standard InChI is InChI=1S/C27H21.2ClH.Zr/c1-18-7-3-5-9-24(18)20-11-13-26-22(15-20)17-23-16-21(12-14-27(23)26)25-10-6-4-8-19(25)2;;;/h3-15H,17H2,1-2H3;2*1H;/q;;;+2/p-2. The summed E-state index contributed by atoms with van der Waals surface area (Å²) in [5.41, 5.74) is 13.9. The fraction of sp³-hybridized carbons (Fsp3) is 0.111. The van der Waals surface area contributed by atoms with E-state index in [0.29, 0.717) is 0 Å².